The third-order valence-corrected chi connectivity index (χ3v) is 1.69. The van der Waals surface area contributed by atoms with Gasteiger partial charge < -0.3 is 4.74 Å². The highest BCUT2D eigenvalue weighted by molar-refractivity contribution is 5.20. The molecule has 1 heteroatoms. The first-order valence-corrected chi connectivity index (χ1v) is 4.94. The van der Waals surface area contributed by atoms with E-state index in [1.165, 1.54) is 19.3 Å². The molecule has 0 saturated heterocycles. The summed E-state index contributed by atoms with van der Waals surface area (Å²) in [6, 6.07) is 9.68. The monoisotopic (exact) mass is 180 g/mol. The maximum absolute atomic E-state index is 4.91. The number of unbranched alkanes of at least 4 members (excludes halogenated alkanes) is 2. The summed E-state index contributed by atoms with van der Waals surface area (Å²) in [6.07, 6.45) is 4.08. The van der Waals surface area contributed by atoms with Gasteiger partial charge in [0.15, 0.2) is 0 Å². The van der Waals surface area contributed by atoms with Crippen molar-refractivity contribution in [3.8, 4) is 5.75 Å². The van der Waals surface area contributed by atoms with Crippen molar-refractivity contribution in [2.24, 2.45) is 0 Å². The number of hydrogen-bond donors (Lipinski definition) is 0. The number of para-hydroxylation sites is 1. The molecule has 0 spiro atoms. The van der Waals surface area contributed by atoms with Crippen LogP contribution >= 0.6 is 0 Å². The Kier molecular flexibility index (Phi) is 8.42. The van der Waals surface area contributed by atoms with Crippen LogP contribution in [0.2, 0.25) is 0 Å². The first-order valence-electron chi connectivity index (χ1n) is 4.94. The van der Waals surface area contributed by atoms with Crippen molar-refractivity contribution in [1.29, 1.82) is 0 Å². The summed E-state index contributed by atoms with van der Waals surface area (Å²) < 4.78 is 4.91. The first-order chi connectivity index (χ1) is 6.35. The highest BCUT2D eigenvalue weighted by Crippen LogP contribution is 2.05. The molecule has 0 aromatic heterocycles. The molecule has 0 aliphatic rings. The van der Waals surface area contributed by atoms with Crippen LogP contribution in [0.4, 0.5) is 0 Å². The van der Waals surface area contributed by atoms with Crippen LogP contribution in [0.1, 0.15) is 33.1 Å². The normalized spacial score (nSPS) is 8.54. The van der Waals surface area contributed by atoms with Gasteiger partial charge in [-0.25, -0.2) is 0 Å². The van der Waals surface area contributed by atoms with E-state index in [1.54, 1.807) is 7.11 Å². The highest BCUT2D eigenvalue weighted by Gasteiger charge is 1.80. The highest BCUT2D eigenvalue weighted by atomic mass is 16.5. The van der Waals surface area contributed by atoms with Gasteiger partial charge in [-0.15, -0.1) is 0 Å². The molecule has 1 aromatic carbocycles. The van der Waals surface area contributed by atoms with E-state index in [2.05, 4.69) is 13.8 Å². The van der Waals surface area contributed by atoms with Crippen molar-refractivity contribution in [2.45, 2.75) is 33.1 Å². The lowest BCUT2D eigenvalue weighted by molar-refractivity contribution is 0.415. The van der Waals surface area contributed by atoms with Crippen LogP contribution in [0.5, 0.6) is 5.75 Å². The average molecular weight is 180 g/mol. The van der Waals surface area contributed by atoms with Gasteiger partial charge in [0.25, 0.3) is 0 Å². The fraction of sp³-hybridized carbons (Fsp3) is 0.500. The molecule has 0 N–H and O–H groups in total. The van der Waals surface area contributed by atoms with Crippen LogP contribution in [-0.2, 0) is 0 Å². The van der Waals surface area contributed by atoms with Crippen LogP contribution in [-0.4, -0.2) is 7.11 Å². The van der Waals surface area contributed by atoms with Gasteiger partial charge in [-0.1, -0.05) is 51.3 Å². The van der Waals surface area contributed by atoms with Crippen molar-refractivity contribution in [2.75, 3.05) is 7.11 Å². The Morgan fingerprint density at radius 3 is 1.77 bits per heavy atom. The van der Waals surface area contributed by atoms with Gasteiger partial charge in [-0.2, -0.15) is 0 Å². The van der Waals surface area contributed by atoms with Crippen LogP contribution in [0, 0.1) is 0 Å². The Bertz CT molecular complexity index is 180. The van der Waals surface area contributed by atoms with Crippen LogP contribution in [0.3, 0.4) is 0 Å². The molecule has 0 heterocycles. The molecule has 0 atom stereocenters. The Hall–Kier alpha value is -0.980. The van der Waals surface area contributed by atoms with Gasteiger partial charge >= 0.3 is 0 Å². The minimum Gasteiger partial charge on any atom is -0.497 e. The van der Waals surface area contributed by atoms with Gasteiger partial charge in [0.05, 0.1) is 7.11 Å². The summed E-state index contributed by atoms with van der Waals surface area (Å²) in [4.78, 5) is 0. The third kappa shape index (κ3) is 7.38. The van der Waals surface area contributed by atoms with Crippen LogP contribution in [0.25, 0.3) is 0 Å². The van der Waals surface area contributed by atoms with E-state index in [-0.39, 0.29) is 0 Å². The summed E-state index contributed by atoms with van der Waals surface area (Å²) in [5, 5.41) is 0. The zero-order valence-corrected chi connectivity index (χ0v) is 8.92. The molecule has 0 saturated carbocycles. The zero-order chi connectivity index (χ0) is 9.94. The van der Waals surface area contributed by atoms with E-state index in [1.807, 2.05) is 30.3 Å². The Morgan fingerprint density at radius 1 is 1.00 bits per heavy atom. The Labute approximate surface area is 81.7 Å². The molecular formula is C12H20O. The topological polar surface area (TPSA) is 9.23 Å². The average Bonchev–Trinajstić information content (AvgIpc) is 2.21. The van der Waals surface area contributed by atoms with Crippen molar-refractivity contribution in [3.05, 3.63) is 30.3 Å². The third-order valence-electron chi connectivity index (χ3n) is 1.69. The summed E-state index contributed by atoms with van der Waals surface area (Å²) in [7, 11) is 1.66. The number of hydrogen-bond acceptors (Lipinski definition) is 1. The molecule has 1 nitrogen and oxygen atoms in total. The molecule has 1 rings (SSSR count). The predicted octanol–water partition coefficient (Wildman–Crippen LogP) is 3.89. The molecule has 0 bridgehead atoms. The first kappa shape index (κ1) is 12.0. The number of methoxy groups -OCH3 is 1. The second-order valence-corrected chi connectivity index (χ2v) is 2.87. The molecule has 0 aliphatic carbocycles. The van der Waals surface area contributed by atoms with Crippen molar-refractivity contribution < 1.29 is 4.74 Å². The van der Waals surface area contributed by atoms with Crippen LogP contribution < -0.4 is 4.74 Å². The largest absolute Gasteiger partial charge is 0.497 e. The molecule has 0 fully saturated rings. The predicted molar refractivity (Wildman–Crippen MR) is 58.2 cm³/mol. The molecule has 74 valence electrons. The molecule has 0 amide bonds. The zero-order valence-electron chi connectivity index (χ0n) is 8.92. The quantitative estimate of drug-likeness (QED) is 0.685. The van der Waals surface area contributed by atoms with Gasteiger partial charge in [-0.3, -0.25) is 0 Å². The van der Waals surface area contributed by atoms with E-state index >= 15 is 0 Å². The molecule has 0 radical (unpaired) electrons. The van der Waals surface area contributed by atoms with Gasteiger partial charge in [0.2, 0.25) is 0 Å². The van der Waals surface area contributed by atoms with Gasteiger partial charge in [0.1, 0.15) is 5.75 Å². The molecule has 0 aliphatic heterocycles. The summed E-state index contributed by atoms with van der Waals surface area (Å²) in [5.41, 5.74) is 0. The number of rotatable bonds is 3. The second-order valence-electron chi connectivity index (χ2n) is 2.87. The fourth-order valence-corrected chi connectivity index (χ4v) is 0.910. The maximum atomic E-state index is 4.91. The lowest BCUT2D eigenvalue weighted by Gasteiger charge is -1.93. The van der Waals surface area contributed by atoms with E-state index < -0.39 is 0 Å². The minimum absolute atomic E-state index is 0.910. The Balaban J connectivity index is 0.000000252. The SMILES string of the molecule is CCCCC.COc1ccccc1. The molecule has 0 unspecified atom stereocenters. The molecule has 1 aromatic rings. The maximum Gasteiger partial charge on any atom is 0.118 e. The lowest BCUT2D eigenvalue weighted by atomic mass is 10.3. The Morgan fingerprint density at radius 2 is 1.54 bits per heavy atom. The summed E-state index contributed by atoms with van der Waals surface area (Å²) in [5.74, 6) is 0.910. The van der Waals surface area contributed by atoms with E-state index in [9.17, 15) is 0 Å². The summed E-state index contributed by atoms with van der Waals surface area (Å²) in [6.45, 7) is 4.42. The van der Waals surface area contributed by atoms with E-state index in [0.717, 1.165) is 5.75 Å². The minimum atomic E-state index is 0.910. The number of ether oxygens (including phenoxy) is 1. The van der Waals surface area contributed by atoms with Crippen molar-refractivity contribution in [1.82, 2.24) is 0 Å². The van der Waals surface area contributed by atoms with E-state index in [0.29, 0.717) is 0 Å². The standard InChI is InChI=1S/C7H8O.C5H12/c1-8-7-5-3-2-4-6-7;1-3-5-4-2/h2-6H,1H3;3-5H2,1-2H3. The van der Waals surface area contributed by atoms with E-state index in [4.69, 9.17) is 4.74 Å². The fourth-order valence-electron chi connectivity index (χ4n) is 0.910. The number of benzene rings is 1. The van der Waals surface area contributed by atoms with Gasteiger partial charge in [-0.05, 0) is 12.1 Å². The van der Waals surface area contributed by atoms with Crippen LogP contribution in [0.15, 0.2) is 30.3 Å². The van der Waals surface area contributed by atoms with Gasteiger partial charge in [0, 0.05) is 0 Å². The lowest BCUT2D eigenvalue weighted by Crippen LogP contribution is -1.78. The molecular weight excluding hydrogens is 160 g/mol. The van der Waals surface area contributed by atoms with Crippen molar-refractivity contribution >= 4 is 0 Å². The van der Waals surface area contributed by atoms with Crippen molar-refractivity contribution in [3.63, 3.8) is 0 Å². The second kappa shape index (κ2) is 9.11. The molecule has 13 heavy (non-hydrogen) atoms. The summed E-state index contributed by atoms with van der Waals surface area (Å²) >= 11 is 0. The smallest absolute Gasteiger partial charge is 0.118 e.